The molecule has 0 atom stereocenters. The van der Waals surface area contributed by atoms with Crippen LogP contribution in [-0.2, 0) is 19.5 Å². The molecule has 0 heterocycles. The molecule has 0 saturated heterocycles. The summed E-state index contributed by atoms with van der Waals surface area (Å²) in [4.78, 5) is 13.2. The van der Waals surface area contributed by atoms with Gasteiger partial charge in [0.25, 0.3) is 5.97 Å². The van der Waals surface area contributed by atoms with Crippen molar-refractivity contribution in [2.24, 2.45) is 0 Å². The van der Waals surface area contributed by atoms with Crippen molar-refractivity contribution in [3.05, 3.63) is 0 Å². The van der Waals surface area contributed by atoms with Gasteiger partial charge in [0.15, 0.2) is 0 Å². The number of sulfone groups is 1. The average molecular weight is 188 g/mol. The summed E-state index contributed by atoms with van der Waals surface area (Å²) in [7, 11) is -3.04. The summed E-state index contributed by atoms with van der Waals surface area (Å²) >= 11 is 0. The molecule has 0 bridgehead atoms. The number of rotatable bonds is 4. The van der Waals surface area contributed by atoms with Gasteiger partial charge in [0, 0.05) is 12.7 Å². The van der Waals surface area contributed by atoms with Gasteiger partial charge in [-0.1, -0.05) is 0 Å². The maximum Gasteiger partial charge on any atom is 1.00 e. The average Bonchev–Trinajstić information content (AvgIpc) is 1.85. The van der Waals surface area contributed by atoms with E-state index in [1.54, 1.807) is 0 Å². The van der Waals surface area contributed by atoms with E-state index in [0.29, 0.717) is 0 Å². The summed E-state index contributed by atoms with van der Waals surface area (Å²) in [6, 6.07) is 0. The van der Waals surface area contributed by atoms with E-state index in [2.05, 4.69) is 4.89 Å². The predicted molar refractivity (Wildman–Crippen MR) is 35.0 cm³/mol. The van der Waals surface area contributed by atoms with Gasteiger partial charge in [-0.15, -0.1) is 0 Å². The Morgan fingerprint density at radius 3 is 2.33 bits per heavy atom. The summed E-state index contributed by atoms with van der Waals surface area (Å²) in [6.07, 6.45) is 1.06. The largest absolute Gasteiger partial charge is 1.00 e. The van der Waals surface area contributed by atoms with E-state index in [1.807, 2.05) is 0 Å². The number of carbonyl (C=O) groups is 1. The molecule has 7 heteroatoms. The Labute approximate surface area is 83.1 Å². The maximum absolute atomic E-state index is 10.5. The first-order valence-corrected chi connectivity index (χ1v) is 5.02. The molecule has 0 radical (unpaired) electrons. The SMILES string of the molecule is CS(=O)(=O)CCCC(=O)O[O-].[Li+]. The van der Waals surface area contributed by atoms with E-state index in [1.165, 1.54) is 0 Å². The van der Waals surface area contributed by atoms with Gasteiger partial charge in [0.2, 0.25) is 0 Å². The summed E-state index contributed by atoms with van der Waals surface area (Å²) in [5, 5.41) is 9.39. The molecule has 5 nitrogen and oxygen atoms in total. The van der Waals surface area contributed by atoms with Gasteiger partial charge >= 0.3 is 18.9 Å². The van der Waals surface area contributed by atoms with Crippen LogP contribution in [0.1, 0.15) is 12.8 Å². The first-order chi connectivity index (χ1) is 4.95. The molecule has 12 heavy (non-hydrogen) atoms. The quantitative estimate of drug-likeness (QED) is 0.253. The van der Waals surface area contributed by atoms with Crippen molar-refractivity contribution in [2.75, 3.05) is 12.0 Å². The van der Waals surface area contributed by atoms with Crippen LogP contribution >= 0.6 is 0 Å². The smallest absolute Gasteiger partial charge is 0.662 e. The van der Waals surface area contributed by atoms with E-state index in [4.69, 9.17) is 0 Å². The van der Waals surface area contributed by atoms with Gasteiger partial charge in [0.05, 0.1) is 5.75 Å². The second-order valence-electron chi connectivity index (χ2n) is 2.19. The summed E-state index contributed by atoms with van der Waals surface area (Å²) in [6.45, 7) is 0. The minimum absolute atomic E-state index is 0. The number of hydrogen-bond donors (Lipinski definition) is 0. The maximum atomic E-state index is 10.5. The summed E-state index contributed by atoms with van der Waals surface area (Å²) in [5.74, 6) is -1.02. The van der Waals surface area contributed by atoms with E-state index >= 15 is 0 Å². The second-order valence-corrected chi connectivity index (χ2v) is 4.45. The Hall–Kier alpha value is -0.0226. The Balaban J connectivity index is 0. The minimum Gasteiger partial charge on any atom is -0.662 e. The zero-order chi connectivity index (χ0) is 8.91. The van der Waals surface area contributed by atoms with Crippen LogP contribution < -0.4 is 24.1 Å². The third-order valence-electron chi connectivity index (χ3n) is 0.989. The molecule has 0 unspecified atom stereocenters. The molecule has 0 aliphatic carbocycles. The molecule has 0 aliphatic heterocycles. The van der Waals surface area contributed by atoms with Crippen molar-refractivity contribution in [2.45, 2.75) is 12.8 Å². The summed E-state index contributed by atoms with van der Waals surface area (Å²) < 4.78 is 20.9. The molecular weight excluding hydrogens is 179 g/mol. The Morgan fingerprint density at radius 1 is 1.50 bits per heavy atom. The van der Waals surface area contributed by atoms with Crippen LogP contribution in [0.2, 0.25) is 0 Å². The van der Waals surface area contributed by atoms with Gasteiger partial charge in [-0.2, -0.15) is 0 Å². The van der Waals surface area contributed by atoms with Crippen molar-refractivity contribution in [3.63, 3.8) is 0 Å². The molecule has 0 aromatic heterocycles. The van der Waals surface area contributed by atoms with Crippen molar-refractivity contribution in [1.29, 1.82) is 0 Å². The molecule has 0 aromatic rings. The third-order valence-corrected chi connectivity index (χ3v) is 2.02. The normalized spacial score (nSPS) is 10.2. The fourth-order valence-corrected chi connectivity index (χ4v) is 1.19. The van der Waals surface area contributed by atoms with Crippen LogP contribution in [0.4, 0.5) is 0 Å². The zero-order valence-electron chi connectivity index (χ0n) is 7.07. The molecule has 0 aliphatic rings. The number of carbonyl (C=O) groups excluding carboxylic acids is 1. The third kappa shape index (κ3) is 9.98. The summed E-state index contributed by atoms with van der Waals surface area (Å²) in [5.41, 5.74) is 0. The minimum atomic E-state index is -3.04. The van der Waals surface area contributed by atoms with Crippen LogP contribution in [0, 0.1) is 0 Å². The van der Waals surface area contributed by atoms with Gasteiger partial charge in [-0.25, -0.2) is 8.42 Å². The van der Waals surface area contributed by atoms with E-state index in [9.17, 15) is 18.5 Å². The van der Waals surface area contributed by atoms with Crippen LogP contribution in [0.3, 0.4) is 0 Å². The molecule has 0 fully saturated rings. The monoisotopic (exact) mass is 188 g/mol. The van der Waals surface area contributed by atoms with Crippen molar-refractivity contribution in [1.82, 2.24) is 0 Å². The molecule has 0 N–H and O–H groups in total. The van der Waals surface area contributed by atoms with E-state index in [0.717, 1.165) is 6.26 Å². The van der Waals surface area contributed by atoms with Gasteiger partial charge < -0.3 is 10.1 Å². The molecule has 0 aromatic carbocycles. The van der Waals surface area contributed by atoms with Gasteiger partial charge in [-0.3, -0.25) is 4.79 Å². The fourth-order valence-electron chi connectivity index (χ4n) is 0.520. The van der Waals surface area contributed by atoms with Crippen molar-refractivity contribution < 1.29 is 42.2 Å². The Kier molecular flexibility index (Phi) is 7.84. The molecular formula is C5H9LiO5S. The van der Waals surface area contributed by atoms with Crippen molar-refractivity contribution in [3.8, 4) is 0 Å². The first-order valence-electron chi connectivity index (χ1n) is 2.96. The molecule has 66 valence electrons. The first kappa shape index (κ1) is 14.5. The fraction of sp³-hybridized carbons (Fsp3) is 0.800. The van der Waals surface area contributed by atoms with Crippen LogP contribution in [0.5, 0.6) is 0 Å². The molecule has 0 rings (SSSR count). The Bertz CT molecular complexity index is 222. The predicted octanol–water partition coefficient (Wildman–Crippen LogP) is -4.37. The van der Waals surface area contributed by atoms with Crippen LogP contribution in [0.15, 0.2) is 0 Å². The van der Waals surface area contributed by atoms with E-state index in [-0.39, 0.29) is 37.5 Å². The zero-order valence-corrected chi connectivity index (χ0v) is 7.89. The molecule has 0 saturated carbocycles. The standard InChI is InChI=1S/C5H10O5S.Li/c1-11(8,9)4-2-3-5(6)10-7;/h7H,2-4H2,1H3;/q;+1/p-1. The molecule has 0 amide bonds. The second kappa shape index (κ2) is 6.49. The van der Waals surface area contributed by atoms with Crippen LogP contribution in [0.25, 0.3) is 0 Å². The number of hydrogen-bond acceptors (Lipinski definition) is 5. The van der Waals surface area contributed by atoms with Gasteiger partial charge in [-0.05, 0) is 6.42 Å². The van der Waals surface area contributed by atoms with Crippen LogP contribution in [-0.4, -0.2) is 26.4 Å². The van der Waals surface area contributed by atoms with Gasteiger partial charge in [0.1, 0.15) is 9.84 Å². The van der Waals surface area contributed by atoms with E-state index < -0.39 is 15.8 Å². The topological polar surface area (TPSA) is 83.5 Å². The van der Waals surface area contributed by atoms with Crippen molar-refractivity contribution >= 4 is 15.8 Å². The molecule has 0 spiro atoms. The Morgan fingerprint density at radius 2 is 2.00 bits per heavy atom.